The van der Waals surface area contributed by atoms with Crippen LogP contribution in [0.5, 0.6) is 0 Å². The van der Waals surface area contributed by atoms with Crippen LogP contribution in [0.1, 0.15) is 64.2 Å². The van der Waals surface area contributed by atoms with Crippen LogP contribution in [-0.2, 0) is 0 Å². The second-order valence-electron chi connectivity index (χ2n) is 3.85. The van der Waals surface area contributed by atoms with Gasteiger partial charge in [0.1, 0.15) is 0 Å². The summed E-state index contributed by atoms with van der Waals surface area (Å²) < 4.78 is 0. The minimum atomic E-state index is 0. The molecule has 88 valence electrons. The summed E-state index contributed by atoms with van der Waals surface area (Å²) in [6.07, 6.45) is 19.0. The van der Waals surface area contributed by atoms with E-state index in [-0.39, 0.29) is 57.9 Å². The average molecular weight is 445 g/mol. The van der Waals surface area contributed by atoms with Crippen molar-refractivity contribution in [3.05, 3.63) is 12.8 Å². The van der Waals surface area contributed by atoms with Crippen LogP contribution in [0.15, 0.2) is 0 Å². The molecule has 0 aliphatic heterocycles. The minimum absolute atomic E-state index is 0. The fourth-order valence-corrected chi connectivity index (χ4v) is 1.80. The fourth-order valence-electron chi connectivity index (χ4n) is 1.80. The zero-order valence-corrected chi connectivity index (χ0v) is 15.5. The van der Waals surface area contributed by atoms with Gasteiger partial charge in [-0.1, -0.05) is 64.2 Å². The summed E-state index contributed by atoms with van der Waals surface area (Å²) in [4.78, 5) is 0. The minimum Gasteiger partial charge on any atom is -1.00 e. The Labute approximate surface area is 134 Å². The molecule has 0 unspecified atom stereocenters. The maximum absolute atomic E-state index is 2.39. The van der Waals surface area contributed by atoms with Gasteiger partial charge in [0.05, 0.1) is 0 Å². The predicted molar refractivity (Wildman–Crippen MR) is 60.5 cm³/mol. The third-order valence-corrected chi connectivity index (χ3v) is 2.63. The molecule has 0 amide bonds. The Morgan fingerprint density at radius 3 is 0.800 bits per heavy atom. The molecule has 2 aliphatic carbocycles. The first kappa shape index (κ1) is 22.0. The van der Waals surface area contributed by atoms with E-state index in [0.717, 1.165) is 0 Å². The number of halogens is 2. The monoisotopic (exact) mass is 444 g/mol. The molecule has 3 heteroatoms. The summed E-state index contributed by atoms with van der Waals surface area (Å²) in [6.45, 7) is 0. The van der Waals surface area contributed by atoms with Gasteiger partial charge < -0.3 is 34.0 Å². The molecule has 0 spiro atoms. The Bertz CT molecular complexity index is 56.6. The number of hydrogen-bond donors (Lipinski definition) is 0. The van der Waals surface area contributed by atoms with E-state index in [2.05, 4.69) is 12.8 Å². The second kappa shape index (κ2) is 18.1. The normalized spacial score (nSPS) is 19.2. The van der Waals surface area contributed by atoms with Gasteiger partial charge in [0.2, 0.25) is 0 Å². The summed E-state index contributed by atoms with van der Waals surface area (Å²) in [6, 6.07) is 0. The molecular formula is C12H22Br2Sn. The maximum Gasteiger partial charge on any atom is 2.00 e. The third-order valence-electron chi connectivity index (χ3n) is 2.63. The molecule has 2 aliphatic rings. The van der Waals surface area contributed by atoms with Crippen LogP contribution in [0.4, 0.5) is 0 Å². The van der Waals surface area contributed by atoms with Crippen molar-refractivity contribution in [2.45, 2.75) is 64.2 Å². The first-order valence-electron chi connectivity index (χ1n) is 5.63. The topological polar surface area (TPSA) is 0 Å². The van der Waals surface area contributed by atoms with Crippen LogP contribution < -0.4 is 34.0 Å². The molecule has 2 fully saturated rings. The van der Waals surface area contributed by atoms with Crippen LogP contribution in [0.2, 0.25) is 0 Å². The molecule has 0 nitrogen and oxygen atoms in total. The van der Waals surface area contributed by atoms with Crippen LogP contribution in [0.3, 0.4) is 0 Å². The van der Waals surface area contributed by atoms with Gasteiger partial charge >= 0.3 is 23.9 Å². The fraction of sp³-hybridized carbons (Fsp3) is 0.833. The zero-order valence-electron chi connectivity index (χ0n) is 9.48. The summed E-state index contributed by atoms with van der Waals surface area (Å²) >= 11 is 0. The van der Waals surface area contributed by atoms with E-state index in [9.17, 15) is 0 Å². The van der Waals surface area contributed by atoms with Crippen molar-refractivity contribution in [3.8, 4) is 0 Å². The molecule has 0 saturated heterocycles. The van der Waals surface area contributed by atoms with Crippen molar-refractivity contribution >= 4 is 23.9 Å². The molecule has 0 aromatic rings. The molecule has 15 heavy (non-hydrogen) atoms. The van der Waals surface area contributed by atoms with E-state index in [1.54, 1.807) is 0 Å². The predicted octanol–water partition coefficient (Wildman–Crippen LogP) is -2.06. The SMILES string of the molecule is [Br-].[Br-].[CH]1CCCCC1.[CH]1CCCCC1.[Sn+2]. The van der Waals surface area contributed by atoms with Crippen molar-refractivity contribution in [1.82, 2.24) is 0 Å². The Morgan fingerprint density at radius 1 is 0.467 bits per heavy atom. The Morgan fingerprint density at radius 2 is 0.733 bits per heavy atom. The standard InChI is InChI=1S/2C6H11.2BrH.Sn/c2*1-2-4-6-5-3-1;;;/h2*1H,2-6H2;2*1H;/q;;;;+2/p-2. The van der Waals surface area contributed by atoms with Crippen molar-refractivity contribution in [2.24, 2.45) is 0 Å². The first-order valence-corrected chi connectivity index (χ1v) is 5.63. The van der Waals surface area contributed by atoms with Gasteiger partial charge in [0, 0.05) is 0 Å². The maximum atomic E-state index is 2.39. The average Bonchev–Trinajstić information content (AvgIpc) is 2.24. The molecular weight excluding hydrogens is 423 g/mol. The van der Waals surface area contributed by atoms with Crippen molar-refractivity contribution in [1.29, 1.82) is 0 Å². The van der Waals surface area contributed by atoms with Gasteiger partial charge in [-0.3, -0.25) is 0 Å². The van der Waals surface area contributed by atoms with Gasteiger partial charge in [0.25, 0.3) is 0 Å². The summed E-state index contributed by atoms with van der Waals surface area (Å²) in [5.41, 5.74) is 0. The third kappa shape index (κ3) is 15.8. The van der Waals surface area contributed by atoms with Gasteiger partial charge in [-0.25, -0.2) is 0 Å². The van der Waals surface area contributed by atoms with Crippen LogP contribution in [-0.4, -0.2) is 23.9 Å². The molecule has 0 atom stereocenters. The summed E-state index contributed by atoms with van der Waals surface area (Å²) in [5, 5.41) is 0. The zero-order chi connectivity index (χ0) is 8.49. The van der Waals surface area contributed by atoms with E-state index in [0.29, 0.717) is 0 Å². The second-order valence-corrected chi connectivity index (χ2v) is 3.85. The Hall–Kier alpha value is 1.76. The Balaban J connectivity index is -0.000000160. The molecule has 2 saturated carbocycles. The summed E-state index contributed by atoms with van der Waals surface area (Å²) in [7, 11) is 0. The number of hydrogen-bond acceptors (Lipinski definition) is 0. The Kier molecular flexibility index (Phi) is 26.6. The van der Waals surface area contributed by atoms with Gasteiger partial charge in [0.15, 0.2) is 0 Å². The molecule has 0 aromatic carbocycles. The van der Waals surface area contributed by atoms with Gasteiger partial charge in [-0.05, 0) is 12.8 Å². The van der Waals surface area contributed by atoms with Crippen LogP contribution in [0, 0.1) is 12.8 Å². The first-order chi connectivity index (χ1) is 6.00. The number of rotatable bonds is 0. The van der Waals surface area contributed by atoms with E-state index in [4.69, 9.17) is 0 Å². The van der Waals surface area contributed by atoms with Crippen molar-refractivity contribution < 1.29 is 34.0 Å². The van der Waals surface area contributed by atoms with E-state index >= 15 is 0 Å². The van der Waals surface area contributed by atoms with Gasteiger partial charge in [-0.15, -0.1) is 0 Å². The molecule has 2 rings (SSSR count). The van der Waals surface area contributed by atoms with E-state index in [1.807, 2.05) is 0 Å². The van der Waals surface area contributed by atoms with E-state index in [1.165, 1.54) is 64.2 Å². The quantitative estimate of drug-likeness (QED) is 0.377. The molecule has 0 aromatic heterocycles. The molecule has 4 radical (unpaired) electrons. The van der Waals surface area contributed by atoms with E-state index < -0.39 is 0 Å². The summed E-state index contributed by atoms with van der Waals surface area (Å²) in [5.74, 6) is 0. The van der Waals surface area contributed by atoms with Crippen molar-refractivity contribution in [3.63, 3.8) is 0 Å². The molecule has 0 N–H and O–H groups in total. The van der Waals surface area contributed by atoms with Crippen molar-refractivity contribution in [2.75, 3.05) is 0 Å². The largest absolute Gasteiger partial charge is 2.00 e. The van der Waals surface area contributed by atoms with Crippen LogP contribution >= 0.6 is 0 Å². The molecule has 0 heterocycles. The van der Waals surface area contributed by atoms with Crippen LogP contribution in [0.25, 0.3) is 0 Å². The van der Waals surface area contributed by atoms with Gasteiger partial charge in [-0.2, -0.15) is 0 Å². The molecule has 0 bridgehead atoms. The smallest absolute Gasteiger partial charge is 1.00 e.